The summed E-state index contributed by atoms with van der Waals surface area (Å²) < 4.78 is 0. The summed E-state index contributed by atoms with van der Waals surface area (Å²) in [4.78, 5) is 18.2. The molecule has 2 unspecified atom stereocenters. The number of likely N-dealkylation sites (N-methyl/N-ethyl adjacent to an activating group) is 1. The Labute approximate surface area is 111 Å². The van der Waals surface area contributed by atoms with Crippen LogP contribution in [0.3, 0.4) is 0 Å². The molecule has 0 saturated carbocycles. The Morgan fingerprint density at radius 3 is 2.95 bits per heavy atom. The first-order valence-electron chi connectivity index (χ1n) is 6.12. The maximum Gasteiger partial charge on any atom is 0.304 e. The lowest BCUT2D eigenvalue weighted by atomic mass is 9.97. The van der Waals surface area contributed by atoms with Gasteiger partial charge in [-0.05, 0) is 31.7 Å². The lowest BCUT2D eigenvalue weighted by molar-refractivity contribution is -0.137. The molecule has 0 saturated heterocycles. The van der Waals surface area contributed by atoms with Crippen LogP contribution in [0.4, 0.5) is 0 Å². The van der Waals surface area contributed by atoms with E-state index in [9.17, 15) is 4.79 Å². The summed E-state index contributed by atoms with van der Waals surface area (Å²) in [6.07, 6.45) is -0.0778. The van der Waals surface area contributed by atoms with E-state index in [1.807, 2.05) is 25.1 Å². The van der Waals surface area contributed by atoms with E-state index in [0.717, 1.165) is 22.4 Å². The summed E-state index contributed by atoms with van der Waals surface area (Å²) in [6, 6.07) is 5.10. The van der Waals surface area contributed by atoms with Gasteiger partial charge >= 0.3 is 5.97 Å². The molecule has 2 atom stereocenters. The molecule has 6 heteroatoms. The van der Waals surface area contributed by atoms with Crippen LogP contribution in [0.5, 0.6) is 0 Å². The van der Waals surface area contributed by atoms with E-state index in [1.54, 1.807) is 7.05 Å². The zero-order chi connectivity index (χ0) is 14.0. The molecule has 1 aromatic heterocycles. The number of carboxylic acid groups (broad SMARTS) is 1. The number of carbonyl (C=O) groups is 1. The molecule has 2 rings (SSSR count). The van der Waals surface area contributed by atoms with Crippen LogP contribution in [-0.2, 0) is 4.79 Å². The van der Waals surface area contributed by atoms with Crippen molar-refractivity contribution in [3.8, 4) is 0 Å². The Hall–Kier alpha value is -1.92. The highest BCUT2D eigenvalue weighted by Gasteiger charge is 2.21. The summed E-state index contributed by atoms with van der Waals surface area (Å²) in [5.74, 6) is -0.0470. The van der Waals surface area contributed by atoms with Crippen LogP contribution < -0.4 is 11.1 Å². The fourth-order valence-corrected chi connectivity index (χ4v) is 2.30. The van der Waals surface area contributed by atoms with Crippen molar-refractivity contribution in [1.82, 2.24) is 15.3 Å². The average molecular weight is 262 g/mol. The number of nitrogens with zero attached hydrogens (tertiary/aromatic N) is 1. The molecule has 0 bridgehead atoms. The highest BCUT2D eigenvalue weighted by Crippen LogP contribution is 2.21. The van der Waals surface area contributed by atoms with Gasteiger partial charge in [0.25, 0.3) is 0 Å². The van der Waals surface area contributed by atoms with Gasteiger partial charge in [-0.2, -0.15) is 0 Å². The van der Waals surface area contributed by atoms with Crippen molar-refractivity contribution in [1.29, 1.82) is 0 Å². The Morgan fingerprint density at radius 1 is 1.58 bits per heavy atom. The number of hydrogen-bond acceptors (Lipinski definition) is 4. The molecule has 1 aromatic carbocycles. The van der Waals surface area contributed by atoms with E-state index in [4.69, 9.17) is 10.8 Å². The summed E-state index contributed by atoms with van der Waals surface area (Å²) in [5.41, 5.74) is 8.71. The van der Waals surface area contributed by atoms with Crippen molar-refractivity contribution >= 4 is 17.0 Å². The molecule has 6 nitrogen and oxygen atoms in total. The van der Waals surface area contributed by atoms with Crippen LogP contribution in [0, 0.1) is 6.92 Å². The SMILES string of the molecule is CNC(c1ccc2nc(C)[nH]c2c1)C(N)CC(=O)O. The zero-order valence-electron chi connectivity index (χ0n) is 11.0. The van der Waals surface area contributed by atoms with Crippen molar-refractivity contribution in [2.24, 2.45) is 5.73 Å². The molecule has 0 fully saturated rings. The first-order valence-corrected chi connectivity index (χ1v) is 6.12. The molecular formula is C13H18N4O2. The number of nitrogens with two attached hydrogens (primary N) is 1. The Kier molecular flexibility index (Phi) is 3.82. The number of aromatic nitrogens is 2. The van der Waals surface area contributed by atoms with Gasteiger partial charge in [0.15, 0.2) is 0 Å². The van der Waals surface area contributed by atoms with Gasteiger partial charge in [0.1, 0.15) is 5.82 Å². The van der Waals surface area contributed by atoms with Crippen LogP contribution in [0.25, 0.3) is 11.0 Å². The minimum absolute atomic E-state index is 0.0778. The van der Waals surface area contributed by atoms with E-state index >= 15 is 0 Å². The van der Waals surface area contributed by atoms with Gasteiger partial charge in [-0.3, -0.25) is 4.79 Å². The quantitative estimate of drug-likeness (QED) is 0.642. The van der Waals surface area contributed by atoms with Gasteiger partial charge in [0.05, 0.1) is 17.5 Å². The number of benzene rings is 1. The highest BCUT2D eigenvalue weighted by atomic mass is 16.4. The Morgan fingerprint density at radius 2 is 2.32 bits per heavy atom. The van der Waals surface area contributed by atoms with Gasteiger partial charge in [-0.25, -0.2) is 4.98 Å². The molecule has 0 aliphatic carbocycles. The number of nitrogens with one attached hydrogen (secondary N) is 2. The lowest BCUT2D eigenvalue weighted by Crippen LogP contribution is -2.37. The van der Waals surface area contributed by atoms with Gasteiger partial charge in [-0.1, -0.05) is 6.07 Å². The average Bonchev–Trinajstić information content (AvgIpc) is 2.68. The number of fused-ring (bicyclic) bond motifs is 1. The summed E-state index contributed by atoms with van der Waals surface area (Å²) in [6.45, 7) is 1.89. The third-order valence-electron chi connectivity index (χ3n) is 3.13. The molecule has 102 valence electrons. The maximum absolute atomic E-state index is 10.8. The number of rotatable bonds is 5. The number of hydrogen-bond donors (Lipinski definition) is 4. The smallest absolute Gasteiger partial charge is 0.304 e. The number of imidazole rings is 1. The topological polar surface area (TPSA) is 104 Å². The van der Waals surface area contributed by atoms with Gasteiger partial charge in [0, 0.05) is 12.1 Å². The molecule has 19 heavy (non-hydrogen) atoms. The Balaban J connectivity index is 2.31. The predicted molar refractivity (Wildman–Crippen MR) is 72.9 cm³/mol. The van der Waals surface area contributed by atoms with Crippen LogP contribution in [0.1, 0.15) is 23.9 Å². The lowest BCUT2D eigenvalue weighted by Gasteiger charge is -2.22. The van der Waals surface area contributed by atoms with Crippen LogP contribution in [0.2, 0.25) is 0 Å². The largest absolute Gasteiger partial charge is 0.481 e. The molecule has 2 aromatic rings. The Bertz CT molecular complexity index is 593. The maximum atomic E-state index is 10.8. The molecule has 1 heterocycles. The molecule has 0 amide bonds. The second kappa shape index (κ2) is 5.38. The van der Waals surface area contributed by atoms with E-state index in [-0.39, 0.29) is 12.5 Å². The highest BCUT2D eigenvalue weighted by molar-refractivity contribution is 5.76. The number of H-pyrrole nitrogens is 1. The summed E-state index contributed by atoms with van der Waals surface area (Å²) in [5, 5.41) is 11.9. The van der Waals surface area contributed by atoms with Gasteiger partial charge in [-0.15, -0.1) is 0 Å². The van der Waals surface area contributed by atoms with Crippen molar-refractivity contribution in [2.45, 2.75) is 25.4 Å². The van der Waals surface area contributed by atoms with Crippen molar-refractivity contribution in [3.63, 3.8) is 0 Å². The number of aryl methyl sites for hydroxylation is 1. The predicted octanol–water partition coefficient (Wildman–Crippen LogP) is 0.934. The second-order valence-corrected chi connectivity index (χ2v) is 4.63. The molecule has 0 aliphatic heterocycles. The van der Waals surface area contributed by atoms with E-state index in [1.165, 1.54) is 0 Å². The molecular weight excluding hydrogens is 244 g/mol. The van der Waals surface area contributed by atoms with Gasteiger partial charge in [0.2, 0.25) is 0 Å². The zero-order valence-corrected chi connectivity index (χ0v) is 11.0. The van der Waals surface area contributed by atoms with E-state index < -0.39 is 12.0 Å². The fourth-order valence-electron chi connectivity index (χ4n) is 2.30. The monoisotopic (exact) mass is 262 g/mol. The van der Waals surface area contributed by atoms with E-state index in [2.05, 4.69) is 15.3 Å². The number of aromatic amines is 1. The minimum atomic E-state index is -0.897. The second-order valence-electron chi connectivity index (χ2n) is 4.63. The number of carboxylic acids is 1. The van der Waals surface area contributed by atoms with Gasteiger partial charge < -0.3 is 21.1 Å². The van der Waals surface area contributed by atoms with Crippen LogP contribution in [0.15, 0.2) is 18.2 Å². The van der Waals surface area contributed by atoms with Crippen LogP contribution in [-0.4, -0.2) is 34.1 Å². The van der Waals surface area contributed by atoms with Crippen molar-refractivity contribution in [2.75, 3.05) is 7.05 Å². The molecule has 0 radical (unpaired) electrons. The first-order chi connectivity index (χ1) is 9.01. The third kappa shape index (κ3) is 2.91. The third-order valence-corrected chi connectivity index (χ3v) is 3.13. The van der Waals surface area contributed by atoms with Crippen molar-refractivity contribution in [3.05, 3.63) is 29.6 Å². The minimum Gasteiger partial charge on any atom is -0.481 e. The van der Waals surface area contributed by atoms with E-state index in [0.29, 0.717) is 0 Å². The summed E-state index contributed by atoms with van der Waals surface area (Å²) >= 11 is 0. The standard InChI is InChI=1S/C13H18N4O2/c1-7-16-10-4-3-8(5-11(10)17-7)13(15-2)9(14)6-12(18)19/h3-5,9,13,15H,6,14H2,1-2H3,(H,16,17)(H,18,19). The number of aliphatic carboxylic acids is 1. The molecule has 5 N–H and O–H groups in total. The molecule has 0 spiro atoms. The molecule has 0 aliphatic rings. The van der Waals surface area contributed by atoms with Crippen LogP contribution >= 0.6 is 0 Å². The first kappa shape index (κ1) is 13.5. The normalized spacial score (nSPS) is 14.5. The fraction of sp³-hybridized carbons (Fsp3) is 0.385. The summed E-state index contributed by atoms with van der Waals surface area (Å²) in [7, 11) is 1.77. The van der Waals surface area contributed by atoms with Crippen molar-refractivity contribution < 1.29 is 9.90 Å².